The van der Waals surface area contributed by atoms with E-state index in [1.165, 1.54) is 6.33 Å². The molecule has 2 amide bonds. The Hall–Kier alpha value is -5.04. The number of piperidine rings is 1. The molecule has 2 fully saturated rings. The Morgan fingerprint density at radius 3 is 2.54 bits per heavy atom. The number of carbonyl (C=O) groups is 2. The van der Waals surface area contributed by atoms with Gasteiger partial charge in [-0.25, -0.2) is 19.5 Å². The van der Waals surface area contributed by atoms with Gasteiger partial charge in [0.2, 0.25) is 5.70 Å². The van der Waals surface area contributed by atoms with E-state index < -0.39 is 0 Å². The van der Waals surface area contributed by atoms with E-state index in [0.29, 0.717) is 52.8 Å². The second-order valence-corrected chi connectivity index (χ2v) is 10.7. The van der Waals surface area contributed by atoms with Crippen LogP contribution in [0.5, 0.6) is 0 Å². The zero-order valence-electron chi connectivity index (χ0n) is 22.7. The lowest BCUT2D eigenvalue weighted by atomic mass is 10.1. The second kappa shape index (κ2) is 10.8. The Morgan fingerprint density at radius 2 is 1.83 bits per heavy atom. The van der Waals surface area contributed by atoms with Crippen molar-refractivity contribution in [2.24, 2.45) is 5.92 Å². The van der Waals surface area contributed by atoms with E-state index in [1.807, 2.05) is 54.1 Å². The van der Waals surface area contributed by atoms with Crippen molar-refractivity contribution in [3.63, 3.8) is 0 Å². The molecule has 2 aromatic heterocycles. The summed E-state index contributed by atoms with van der Waals surface area (Å²) in [6.07, 6.45) is 6.92. The smallest absolute Gasteiger partial charge is 0.255 e. The van der Waals surface area contributed by atoms with Crippen molar-refractivity contribution < 1.29 is 9.59 Å². The molecule has 10 heteroatoms. The molecule has 3 N–H and O–H groups in total. The summed E-state index contributed by atoms with van der Waals surface area (Å²) >= 11 is 0. The summed E-state index contributed by atoms with van der Waals surface area (Å²) in [6.45, 7) is 10.5. The molecule has 1 saturated carbocycles. The van der Waals surface area contributed by atoms with Gasteiger partial charge in [0.1, 0.15) is 17.8 Å². The molecule has 41 heavy (non-hydrogen) atoms. The lowest BCUT2D eigenvalue weighted by Crippen LogP contribution is -2.41. The number of nitrogens with one attached hydrogen (secondary N) is 1. The van der Waals surface area contributed by atoms with E-state index in [2.05, 4.69) is 20.1 Å². The van der Waals surface area contributed by atoms with Crippen LogP contribution >= 0.6 is 0 Å². The molecule has 0 unspecified atom stereocenters. The van der Waals surface area contributed by atoms with Gasteiger partial charge < -0.3 is 16.0 Å². The van der Waals surface area contributed by atoms with Crippen LogP contribution in [0.2, 0.25) is 0 Å². The normalized spacial score (nSPS) is 17.3. The number of allylic oxidation sites excluding steroid dienone is 1. The molecule has 0 radical (unpaired) electrons. The van der Waals surface area contributed by atoms with Gasteiger partial charge in [0.25, 0.3) is 11.8 Å². The molecular formula is C31H30N8O2. The summed E-state index contributed by atoms with van der Waals surface area (Å²) in [6, 6.07) is 14.7. The van der Waals surface area contributed by atoms with Crippen LogP contribution in [0.4, 0.5) is 11.5 Å². The number of fused-ring (bicyclic) bond motifs is 1. The largest absolute Gasteiger partial charge is 0.383 e. The van der Waals surface area contributed by atoms with Crippen molar-refractivity contribution >= 4 is 34.4 Å². The monoisotopic (exact) mass is 546 g/mol. The van der Waals surface area contributed by atoms with Gasteiger partial charge in [0.05, 0.1) is 18.0 Å². The van der Waals surface area contributed by atoms with E-state index in [1.54, 1.807) is 17.0 Å². The topological polar surface area (TPSA) is 123 Å². The number of aromatic nitrogens is 4. The van der Waals surface area contributed by atoms with Crippen molar-refractivity contribution in [3.05, 3.63) is 89.2 Å². The highest BCUT2D eigenvalue weighted by molar-refractivity contribution is 6.04. The summed E-state index contributed by atoms with van der Waals surface area (Å²) in [5, 5.41) is 8.51. The number of nitrogens with zero attached hydrogens (tertiary/aromatic N) is 6. The number of anilines is 2. The van der Waals surface area contributed by atoms with Gasteiger partial charge >= 0.3 is 0 Å². The fraction of sp³-hybridized carbons (Fsp3) is 0.290. The van der Waals surface area contributed by atoms with Crippen molar-refractivity contribution in [1.29, 1.82) is 0 Å². The van der Waals surface area contributed by atoms with E-state index >= 15 is 0 Å². The summed E-state index contributed by atoms with van der Waals surface area (Å²) in [7, 11) is 0. The summed E-state index contributed by atoms with van der Waals surface area (Å²) in [4.78, 5) is 39.8. The molecule has 1 atom stereocenters. The lowest BCUT2D eigenvalue weighted by molar-refractivity contribution is -0.128. The Labute approximate surface area is 237 Å². The van der Waals surface area contributed by atoms with Crippen molar-refractivity contribution in [1.82, 2.24) is 24.6 Å². The fourth-order valence-corrected chi connectivity index (χ4v) is 5.22. The molecule has 0 spiro atoms. The van der Waals surface area contributed by atoms with Crippen molar-refractivity contribution in [2.45, 2.75) is 38.6 Å². The highest BCUT2D eigenvalue weighted by atomic mass is 16.2. The minimum atomic E-state index is -0.217. The van der Waals surface area contributed by atoms with Crippen LogP contribution in [0.25, 0.3) is 27.1 Å². The maximum absolute atomic E-state index is 13.2. The van der Waals surface area contributed by atoms with Gasteiger partial charge in [-0.2, -0.15) is 5.10 Å². The maximum atomic E-state index is 13.2. The predicted octanol–water partition coefficient (Wildman–Crippen LogP) is 5.01. The molecule has 10 nitrogen and oxygen atoms in total. The van der Waals surface area contributed by atoms with Crippen LogP contribution in [-0.2, 0) is 4.79 Å². The van der Waals surface area contributed by atoms with Gasteiger partial charge in [0, 0.05) is 29.9 Å². The first-order valence-corrected chi connectivity index (χ1v) is 13.8. The highest BCUT2D eigenvalue weighted by Gasteiger charge is 2.31. The Balaban J connectivity index is 1.27. The Morgan fingerprint density at radius 1 is 1.07 bits per heavy atom. The third-order valence-corrected chi connectivity index (χ3v) is 7.63. The third kappa shape index (κ3) is 5.39. The average Bonchev–Trinajstić information content (AvgIpc) is 3.73. The number of amides is 2. The predicted molar refractivity (Wildman–Crippen MR) is 157 cm³/mol. The van der Waals surface area contributed by atoms with Crippen LogP contribution in [0.3, 0.4) is 0 Å². The van der Waals surface area contributed by atoms with Crippen molar-refractivity contribution in [2.75, 3.05) is 24.1 Å². The van der Waals surface area contributed by atoms with Gasteiger partial charge in [-0.15, -0.1) is 0 Å². The number of hydrogen-bond donors (Lipinski definition) is 2. The quantitative estimate of drug-likeness (QED) is 0.259. The second-order valence-electron chi connectivity index (χ2n) is 10.7. The average molecular weight is 547 g/mol. The summed E-state index contributed by atoms with van der Waals surface area (Å²) < 4.78 is 1.84. The number of benzene rings is 2. The molecule has 6 rings (SSSR count). The Bertz CT molecular complexity index is 1700. The summed E-state index contributed by atoms with van der Waals surface area (Å²) in [5.41, 5.74) is 10.9. The summed E-state index contributed by atoms with van der Waals surface area (Å²) in [5.74, 6) is 0.267. The molecule has 206 valence electrons. The van der Waals surface area contributed by atoms with Gasteiger partial charge in [-0.05, 0) is 62.8 Å². The first-order chi connectivity index (χ1) is 19.9. The molecule has 1 aliphatic carbocycles. The maximum Gasteiger partial charge on any atom is 0.255 e. The molecule has 4 aromatic rings. The number of rotatable bonds is 6. The van der Waals surface area contributed by atoms with Crippen LogP contribution in [-0.4, -0.2) is 49.6 Å². The lowest BCUT2D eigenvalue weighted by Gasteiger charge is -2.33. The van der Waals surface area contributed by atoms with Crippen LogP contribution < -0.4 is 11.1 Å². The molecule has 1 saturated heterocycles. The minimum absolute atomic E-state index is 0.126. The minimum Gasteiger partial charge on any atom is -0.383 e. The number of nitrogens with two attached hydrogens (primary N) is 1. The first-order valence-electron chi connectivity index (χ1n) is 13.8. The fourth-order valence-electron chi connectivity index (χ4n) is 5.22. The highest BCUT2D eigenvalue weighted by Crippen LogP contribution is 2.35. The van der Waals surface area contributed by atoms with Crippen LogP contribution in [0.15, 0.2) is 66.6 Å². The number of aryl methyl sites for hydroxylation is 1. The molecule has 0 bridgehead atoms. The van der Waals surface area contributed by atoms with E-state index in [4.69, 9.17) is 17.4 Å². The van der Waals surface area contributed by atoms with Crippen LogP contribution in [0.1, 0.15) is 47.6 Å². The zero-order chi connectivity index (χ0) is 28.5. The first kappa shape index (κ1) is 26.2. The van der Waals surface area contributed by atoms with Crippen LogP contribution in [0, 0.1) is 19.4 Å². The van der Waals surface area contributed by atoms with Crippen molar-refractivity contribution in [3.8, 4) is 11.3 Å². The van der Waals surface area contributed by atoms with Gasteiger partial charge in [-0.1, -0.05) is 35.9 Å². The molecular weight excluding hydrogens is 516 g/mol. The SMILES string of the molecule is [C-]#[N+]C(=CC1CC1)C(=O)N1CCC[C@@H](n2nc(-c3ccc(NC(=O)c4ccc(C)cc4)cc3)c3c(N)ncnc32)C1. The Kier molecular flexibility index (Phi) is 6.93. The third-order valence-electron chi connectivity index (χ3n) is 7.63. The number of carbonyl (C=O) groups excluding carboxylic acids is 2. The zero-order valence-corrected chi connectivity index (χ0v) is 22.7. The van der Waals surface area contributed by atoms with E-state index in [-0.39, 0.29) is 23.6 Å². The number of nitrogen functional groups attached to an aromatic ring is 1. The molecule has 2 aliphatic rings. The van der Waals surface area contributed by atoms with E-state index in [9.17, 15) is 9.59 Å². The van der Waals surface area contributed by atoms with Gasteiger partial charge in [-0.3, -0.25) is 9.59 Å². The molecule has 2 aromatic carbocycles. The van der Waals surface area contributed by atoms with Gasteiger partial charge in [0.15, 0.2) is 5.65 Å². The molecule has 1 aliphatic heterocycles. The molecule has 3 heterocycles. The standard InChI is InChI=1S/C31H30N8O2/c1-19-5-9-22(10-6-19)30(40)36-23-13-11-21(12-14-23)27-26-28(32)34-18-35-29(26)39(37-27)24-4-3-15-38(17-24)31(41)25(33-2)16-20-7-8-20/h5-6,9-14,16,18,20,24H,3-4,7-8,15,17H2,1H3,(H,36,40)(H2,32,34,35)/t24-/m1/s1. The number of likely N-dealkylation sites (tertiary alicyclic amines) is 1. The van der Waals surface area contributed by atoms with E-state index in [0.717, 1.165) is 36.8 Å². The number of hydrogen-bond acceptors (Lipinski definition) is 6.